The molecule has 0 bridgehead atoms. The summed E-state index contributed by atoms with van der Waals surface area (Å²) >= 11 is 0. The van der Waals surface area contributed by atoms with Crippen LogP contribution in [0.15, 0.2) is 36.5 Å². The minimum absolute atomic E-state index is 0.251. The summed E-state index contributed by atoms with van der Waals surface area (Å²) < 4.78 is 10.4. The van der Waals surface area contributed by atoms with Crippen LogP contribution < -0.4 is 15.0 Å². The van der Waals surface area contributed by atoms with Crippen molar-refractivity contribution < 1.29 is 14.3 Å². The van der Waals surface area contributed by atoms with Gasteiger partial charge < -0.3 is 24.6 Å². The Morgan fingerprint density at radius 2 is 1.96 bits per heavy atom. The number of para-hydroxylation sites is 1. The normalized spacial score (nSPS) is 14.0. The third-order valence-electron chi connectivity index (χ3n) is 4.40. The molecule has 8 nitrogen and oxygen atoms in total. The first-order valence-electron chi connectivity index (χ1n) is 9.06. The Bertz CT molecular complexity index is 763. The molecule has 27 heavy (non-hydrogen) atoms. The number of hydrogen-bond donors (Lipinski definition) is 1. The molecule has 0 spiro atoms. The Morgan fingerprint density at radius 1 is 1.19 bits per heavy atom. The molecule has 2 aromatic rings. The highest BCUT2D eigenvalue weighted by molar-refractivity contribution is 5.68. The first-order chi connectivity index (χ1) is 13.2. The van der Waals surface area contributed by atoms with Crippen LogP contribution in [0.25, 0.3) is 0 Å². The SMILES string of the molecule is CCOC(=O)N1CCN(c2ccnc(NCc3ccccc3OC)n2)CC1. The van der Waals surface area contributed by atoms with Gasteiger partial charge in [0.05, 0.1) is 13.7 Å². The number of benzene rings is 1. The third-order valence-corrected chi connectivity index (χ3v) is 4.40. The average molecular weight is 371 g/mol. The third kappa shape index (κ3) is 4.78. The molecular weight excluding hydrogens is 346 g/mol. The van der Waals surface area contributed by atoms with Crippen molar-refractivity contribution in [2.45, 2.75) is 13.5 Å². The van der Waals surface area contributed by atoms with Gasteiger partial charge >= 0.3 is 6.09 Å². The number of methoxy groups -OCH3 is 1. The highest BCUT2D eigenvalue weighted by atomic mass is 16.6. The van der Waals surface area contributed by atoms with Gasteiger partial charge in [-0.05, 0) is 19.1 Å². The maximum atomic E-state index is 11.8. The quantitative estimate of drug-likeness (QED) is 0.835. The number of amides is 1. The molecule has 2 heterocycles. The van der Waals surface area contributed by atoms with Gasteiger partial charge in [0.1, 0.15) is 11.6 Å². The van der Waals surface area contributed by atoms with Gasteiger partial charge in [0.15, 0.2) is 0 Å². The number of nitrogens with one attached hydrogen (secondary N) is 1. The number of rotatable bonds is 6. The molecule has 0 unspecified atom stereocenters. The molecule has 1 amide bonds. The lowest BCUT2D eigenvalue weighted by molar-refractivity contribution is 0.105. The summed E-state index contributed by atoms with van der Waals surface area (Å²) in [5.41, 5.74) is 1.04. The van der Waals surface area contributed by atoms with Crippen LogP contribution in [-0.4, -0.2) is 60.9 Å². The topological polar surface area (TPSA) is 79.8 Å². The molecule has 0 atom stereocenters. The predicted octanol–water partition coefficient (Wildman–Crippen LogP) is 2.38. The first-order valence-corrected chi connectivity index (χ1v) is 9.06. The Kier molecular flexibility index (Phi) is 6.30. The summed E-state index contributed by atoms with van der Waals surface area (Å²) in [6.45, 7) is 5.44. The van der Waals surface area contributed by atoms with Crippen molar-refractivity contribution >= 4 is 17.9 Å². The molecule has 1 aromatic carbocycles. The summed E-state index contributed by atoms with van der Waals surface area (Å²) in [5, 5.41) is 3.25. The van der Waals surface area contributed by atoms with Gasteiger partial charge in [-0.15, -0.1) is 0 Å². The monoisotopic (exact) mass is 371 g/mol. The van der Waals surface area contributed by atoms with Gasteiger partial charge in [0, 0.05) is 44.5 Å². The van der Waals surface area contributed by atoms with Crippen LogP contribution in [-0.2, 0) is 11.3 Å². The summed E-state index contributed by atoms with van der Waals surface area (Å²) in [5.74, 6) is 2.23. The van der Waals surface area contributed by atoms with E-state index in [0.29, 0.717) is 45.3 Å². The molecule has 1 aliphatic heterocycles. The van der Waals surface area contributed by atoms with E-state index in [1.807, 2.05) is 37.3 Å². The Balaban J connectivity index is 1.59. The molecule has 1 fully saturated rings. The number of ether oxygens (including phenoxy) is 2. The number of hydrogen-bond acceptors (Lipinski definition) is 7. The van der Waals surface area contributed by atoms with Crippen molar-refractivity contribution in [2.24, 2.45) is 0 Å². The van der Waals surface area contributed by atoms with E-state index in [2.05, 4.69) is 20.2 Å². The van der Waals surface area contributed by atoms with Crippen molar-refractivity contribution in [1.82, 2.24) is 14.9 Å². The second kappa shape index (κ2) is 9.07. The van der Waals surface area contributed by atoms with Gasteiger partial charge in [0.25, 0.3) is 0 Å². The molecule has 1 saturated heterocycles. The van der Waals surface area contributed by atoms with Crippen LogP contribution in [0.3, 0.4) is 0 Å². The predicted molar refractivity (Wildman–Crippen MR) is 103 cm³/mol. The fraction of sp³-hybridized carbons (Fsp3) is 0.421. The lowest BCUT2D eigenvalue weighted by Crippen LogP contribution is -2.49. The smallest absolute Gasteiger partial charge is 0.409 e. The van der Waals surface area contributed by atoms with Crippen LogP contribution in [0.5, 0.6) is 5.75 Å². The largest absolute Gasteiger partial charge is 0.496 e. The van der Waals surface area contributed by atoms with Crippen LogP contribution in [0, 0.1) is 0 Å². The second-order valence-electron chi connectivity index (χ2n) is 6.08. The summed E-state index contributed by atoms with van der Waals surface area (Å²) in [4.78, 5) is 24.6. The van der Waals surface area contributed by atoms with E-state index >= 15 is 0 Å². The molecule has 1 N–H and O–H groups in total. The maximum absolute atomic E-state index is 11.8. The van der Waals surface area contributed by atoms with Crippen LogP contribution in [0.4, 0.5) is 16.6 Å². The second-order valence-corrected chi connectivity index (χ2v) is 6.08. The molecule has 0 aliphatic carbocycles. The molecule has 144 valence electrons. The molecule has 1 aromatic heterocycles. The maximum Gasteiger partial charge on any atom is 0.409 e. The van der Waals surface area contributed by atoms with Gasteiger partial charge in [-0.2, -0.15) is 4.98 Å². The molecule has 3 rings (SSSR count). The Hall–Kier alpha value is -3.03. The number of aromatic nitrogens is 2. The van der Waals surface area contributed by atoms with Crippen LogP contribution in [0.2, 0.25) is 0 Å². The van der Waals surface area contributed by atoms with Crippen molar-refractivity contribution in [1.29, 1.82) is 0 Å². The zero-order valence-corrected chi connectivity index (χ0v) is 15.7. The minimum Gasteiger partial charge on any atom is -0.496 e. The van der Waals surface area contributed by atoms with E-state index in [9.17, 15) is 4.79 Å². The number of carbonyl (C=O) groups excluding carboxylic acids is 1. The molecule has 0 radical (unpaired) electrons. The van der Waals surface area contributed by atoms with E-state index in [1.54, 1.807) is 18.2 Å². The fourth-order valence-electron chi connectivity index (χ4n) is 2.97. The van der Waals surface area contributed by atoms with Crippen molar-refractivity contribution in [3.05, 3.63) is 42.1 Å². The van der Waals surface area contributed by atoms with Gasteiger partial charge in [-0.1, -0.05) is 18.2 Å². The fourth-order valence-corrected chi connectivity index (χ4v) is 2.97. The summed E-state index contributed by atoms with van der Waals surface area (Å²) in [6.07, 6.45) is 1.49. The summed E-state index contributed by atoms with van der Waals surface area (Å²) in [7, 11) is 1.66. The summed E-state index contributed by atoms with van der Waals surface area (Å²) in [6, 6.07) is 9.73. The van der Waals surface area contributed by atoms with Crippen molar-refractivity contribution in [3.8, 4) is 5.75 Å². The van der Waals surface area contributed by atoms with E-state index in [0.717, 1.165) is 17.1 Å². The van der Waals surface area contributed by atoms with E-state index < -0.39 is 0 Å². The lowest BCUT2D eigenvalue weighted by Gasteiger charge is -2.34. The highest BCUT2D eigenvalue weighted by Crippen LogP contribution is 2.19. The number of carbonyl (C=O) groups is 1. The Labute approximate surface area is 159 Å². The standard InChI is InChI=1S/C19H25N5O3/c1-3-27-19(25)24-12-10-23(11-13-24)17-8-9-20-18(22-17)21-14-15-6-4-5-7-16(15)26-2/h4-9H,3,10-14H2,1-2H3,(H,20,21,22). The van der Waals surface area contributed by atoms with E-state index in [4.69, 9.17) is 9.47 Å². The lowest BCUT2D eigenvalue weighted by atomic mass is 10.2. The highest BCUT2D eigenvalue weighted by Gasteiger charge is 2.22. The number of nitrogens with zero attached hydrogens (tertiary/aromatic N) is 4. The van der Waals surface area contributed by atoms with Crippen LogP contribution in [0.1, 0.15) is 12.5 Å². The average Bonchev–Trinajstić information content (AvgIpc) is 2.73. The van der Waals surface area contributed by atoms with E-state index in [1.165, 1.54) is 0 Å². The van der Waals surface area contributed by atoms with Gasteiger partial charge in [-0.25, -0.2) is 9.78 Å². The minimum atomic E-state index is -0.251. The number of anilines is 2. The molecule has 0 saturated carbocycles. The molecule has 8 heteroatoms. The van der Waals surface area contributed by atoms with Crippen molar-refractivity contribution in [2.75, 3.05) is 50.1 Å². The molecule has 1 aliphatic rings. The van der Waals surface area contributed by atoms with Crippen molar-refractivity contribution in [3.63, 3.8) is 0 Å². The van der Waals surface area contributed by atoms with Gasteiger partial charge in [0.2, 0.25) is 5.95 Å². The van der Waals surface area contributed by atoms with Gasteiger partial charge in [-0.3, -0.25) is 0 Å². The van der Waals surface area contributed by atoms with E-state index in [-0.39, 0.29) is 6.09 Å². The first kappa shape index (κ1) is 18.8. The Morgan fingerprint density at radius 3 is 2.70 bits per heavy atom. The zero-order valence-electron chi connectivity index (χ0n) is 15.7. The molecular formula is C19H25N5O3. The number of piperazine rings is 1. The zero-order chi connectivity index (χ0) is 19.1. The van der Waals surface area contributed by atoms with Crippen LogP contribution >= 0.6 is 0 Å².